The van der Waals surface area contributed by atoms with Crippen molar-refractivity contribution < 1.29 is 19.1 Å². The Morgan fingerprint density at radius 3 is 2.52 bits per heavy atom. The van der Waals surface area contributed by atoms with Gasteiger partial charge in [-0.05, 0) is 30.5 Å². The molecule has 1 aromatic rings. The zero-order chi connectivity index (χ0) is 17.8. The van der Waals surface area contributed by atoms with Crippen LogP contribution in [0.2, 0.25) is 0 Å². The van der Waals surface area contributed by atoms with Gasteiger partial charge in [0.15, 0.2) is 11.5 Å². The first-order chi connectivity index (χ1) is 12.0. The summed E-state index contributed by atoms with van der Waals surface area (Å²) in [5, 5.41) is 3.00. The van der Waals surface area contributed by atoms with Crippen molar-refractivity contribution in [1.82, 2.24) is 10.2 Å². The molecule has 6 nitrogen and oxygen atoms in total. The van der Waals surface area contributed by atoms with E-state index in [1.807, 2.05) is 36.9 Å². The fourth-order valence-corrected chi connectivity index (χ4v) is 3.26. The summed E-state index contributed by atoms with van der Waals surface area (Å²) in [6.07, 6.45) is 1.46. The van der Waals surface area contributed by atoms with Crippen molar-refractivity contribution in [1.29, 1.82) is 0 Å². The molecule has 136 valence electrons. The van der Waals surface area contributed by atoms with Crippen molar-refractivity contribution in [3.63, 3.8) is 0 Å². The smallest absolute Gasteiger partial charge is 0.225 e. The van der Waals surface area contributed by atoms with E-state index in [2.05, 4.69) is 5.32 Å². The maximum Gasteiger partial charge on any atom is 0.225 e. The number of amides is 2. The van der Waals surface area contributed by atoms with Crippen molar-refractivity contribution in [2.45, 2.75) is 33.2 Å². The van der Waals surface area contributed by atoms with Crippen molar-refractivity contribution in [2.24, 2.45) is 11.8 Å². The van der Waals surface area contributed by atoms with Gasteiger partial charge in [0.1, 0.15) is 13.2 Å². The van der Waals surface area contributed by atoms with Crippen LogP contribution in [0, 0.1) is 11.8 Å². The van der Waals surface area contributed by atoms with E-state index in [0.29, 0.717) is 32.8 Å². The van der Waals surface area contributed by atoms with Crippen LogP contribution < -0.4 is 14.8 Å². The summed E-state index contributed by atoms with van der Waals surface area (Å²) < 4.78 is 11.1. The molecule has 1 N–H and O–H groups in total. The molecule has 2 amide bonds. The molecule has 1 fully saturated rings. The Labute approximate surface area is 148 Å². The molecule has 0 spiro atoms. The summed E-state index contributed by atoms with van der Waals surface area (Å²) in [7, 11) is 0. The number of hydrogen-bond acceptors (Lipinski definition) is 4. The van der Waals surface area contributed by atoms with E-state index in [9.17, 15) is 9.59 Å². The summed E-state index contributed by atoms with van der Waals surface area (Å²) in [5.74, 6) is 1.72. The molecule has 1 aromatic carbocycles. The van der Waals surface area contributed by atoms with Crippen LogP contribution in [0.5, 0.6) is 11.5 Å². The largest absolute Gasteiger partial charge is 0.486 e. The SMILES string of the molecule is CC(C)C(=O)N1CCC(C(=O)NCc2ccc3c(c2)OCCO3)CC1. The van der Waals surface area contributed by atoms with E-state index < -0.39 is 0 Å². The van der Waals surface area contributed by atoms with E-state index in [4.69, 9.17) is 9.47 Å². The van der Waals surface area contributed by atoms with Crippen molar-refractivity contribution in [2.75, 3.05) is 26.3 Å². The van der Waals surface area contributed by atoms with Crippen LogP contribution in [0.4, 0.5) is 0 Å². The quantitative estimate of drug-likeness (QED) is 0.905. The number of fused-ring (bicyclic) bond motifs is 1. The van der Waals surface area contributed by atoms with E-state index in [1.165, 1.54) is 0 Å². The lowest BCUT2D eigenvalue weighted by molar-refractivity contribution is -0.138. The molecule has 0 aromatic heterocycles. The number of carbonyl (C=O) groups excluding carboxylic acids is 2. The molecular formula is C19H26N2O4. The molecule has 1 saturated heterocycles. The van der Waals surface area contributed by atoms with Crippen molar-refractivity contribution in [3.8, 4) is 11.5 Å². The number of nitrogens with one attached hydrogen (secondary N) is 1. The lowest BCUT2D eigenvalue weighted by Crippen LogP contribution is -2.44. The number of hydrogen-bond donors (Lipinski definition) is 1. The summed E-state index contributed by atoms with van der Waals surface area (Å²) in [6.45, 7) is 6.75. The average molecular weight is 346 g/mol. The molecule has 25 heavy (non-hydrogen) atoms. The third-order valence-corrected chi connectivity index (χ3v) is 4.74. The van der Waals surface area contributed by atoms with Gasteiger partial charge in [-0.2, -0.15) is 0 Å². The van der Waals surface area contributed by atoms with Crippen LogP contribution in [0.25, 0.3) is 0 Å². The molecule has 3 rings (SSSR count). The maximum absolute atomic E-state index is 12.4. The van der Waals surface area contributed by atoms with Crippen LogP contribution >= 0.6 is 0 Å². The van der Waals surface area contributed by atoms with Crippen LogP contribution in [0.1, 0.15) is 32.3 Å². The van der Waals surface area contributed by atoms with Gasteiger partial charge in [0.05, 0.1) is 0 Å². The molecule has 0 unspecified atom stereocenters. The highest BCUT2D eigenvalue weighted by molar-refractivity contribution is 5.80. The van der Waals surface area contributed by atoms with Gasteiger partial charge >= 0.3 is 0 Å². The lowest BCUT2D eigenvalue weighted by Gasteiger charge is -2.32. The van der Waals surface area contributed by atoms with Crippen LogP contribution in [0.3, 0.4) is 0 Å². The molecule has 6 heteroatoms. The van der Waals surface area contributed by atoms with Gasteiger partial charge in [-0.15, -0.1) is 0 Å². The minimum atomic E-state index is -0.0200. The Morgan fingerprint density at radius 1 is 1.16 bits per heavy atom. The monoisotopic (exact) mass is 346 g/mol. The second kappa shape index (κ2) is 7.76. The molecule has 0 atom stereocenters. The summed E-state index contributed by atoms with van der Waals surface area (Å²) >= 11 is 0. The van der Waals surface area contributed by atoms with Gasteiger partial charge in [-0.1, -0.05) is 19.9 Å². The second-order valence-electron chi connectivity index (χ2n) is 6.95. The van der Waals surface area contributed by atoms with Crippen molar-refractivity contribution in [3.05, 3.63) is 23.8 Å². The van der Waals surface area contributed by atoms with Gasteiger partial charge in [0.2, 0.25) is 11.8 Å². The second-order valence-corrected chi connectivity index (χ2v) is 6.95. The number of ether oxygens (including phenoxy) is 2. The topological polar surface area (TPSA) is 67.9 Å². The average Bonchev–Trinajstić information content (AvgIpc) is 2.65. The highest BCUT2D eigenvalue weighted by Gasteiger charge is 2.28. The van der Waals surface area contributed by atoms with Gasteiger partial charge in [0.25, 0.3) is 0 Å². The third kappa shape index (κ3) is 4.24. The maximum atomic E-state index is 12.4. The normalized spacial score (nSPS) is 17.5. The Bertz CT molecular complexity index is 636. The van der Waals surface area contributed by atoms with Crippen LogP contribution in [-0.2, 0) is 16.1 Å². The Hall–Kier alpha value is -2.24. The molecule has 0 radical (unpaired) electrons. The molecule has 2 aliphatic rings. The van der Waals surface area contributed by atoms with Gasteiger partial charge < -0.3 is 19.7 Å². The molecule has 0 aliphatic carbocycles. The molecule has 0 saturated carbocycles. The molecule has 2 aliphatic heterocycles. The fourth-order valence-electron chi connectivity index (χ4n) is 3.26. The summed E-state index contributed by atoms with van der Waals surface area (Å²) in [6, 6.07) is 5.74. The van der Waals surface area contributed by atoms with E-state index in [0.717, 1.165) is 29.9 Å². The highest BCUT2D eigenvalue weighted by Crippen LogP contribution is 2.30. The van der Waals surface area contributed by atoms with Crippen LogP contribution in [0.15, 0.2) is 18.2 Å². The third-order valence-electron chi connectivity index (χ3n) is 4.74. The van der Waals surface area contributed by atoms with E-state index in [-0.39, 0.29) is 23.7 Å². The molecule has 2 heterocycles. The molecule has 0 bridgehead atoms. The van der Waals surface area contributed by atoms with Crippen molar-refractivity contribution >= 4 is 11.8 Å². The predicted molar refractivity (Wildman–Crippen MR) is 93.4 cm³/mol. The first kappa shape index (κ1) is 17.6. The number of nitrogens with zero attached hydrogens (tertiary/aromatic N) is 1. The van der Waals surface area contributed by atoms with Gasteiger partial charge in [0, 0.05) is 31.5 Å². The number of benzene rings is 1. The standard InChI is InChI=1S/C19H26N2O4/c1-13(2)19(23)21-7-5-15(6-8-21)18(22)20-12-14-3-4-16-17(11-14)25-10-9-24-16/h3-4,11,13,15H,5-10,12H2,1-2H3,(H,20,22). The minimum Gasteiger partial charge on any atom is -0.486 e. The number of piperidine rings is 1. The zero-order valence-corrected chi connectivity index (χ0v) is 14.9. The Balaban J connectivity index is 1.48. The lowest BCUT2D eigenvalue weighted by atomic mass is 9.95. The van der Waals surface area contributed by atoms with Gasteiger partial charge in [-0.25, -0.2) is 0 Å². The fraction of sp³-hybridized carbons (Fsp3) is 0.579. The predicted octanol–water partition coefficient (Wildman–Crippen LogP) is 1.97. The van der Waals surface area contributed by atoms with E-state index in [1.54, 1.807) is 0 Å². The number of likely N-dealkylation sites (tertiary alicyclic amines) is 1. The number of rotatable bonds is 4. The molecular weight excluding hydrogens is 320 g/mol. The Morgan fingerprint density at radius 2 is 1.84 bits per heavy atom. The number of carbonyl (C=O) groups is 2. The van der Waals surface area contributed by atoms with Gasteiger partial charge in [-0.3, -0.25) is 9.59 Å². The summed E-state index contributed by atoms with van der Waals surface area (Å²) in [4.78, 5) is 26.3. The highest BCUT2D eigenvalue weighted by atomic mass is 16.6. The first-order valence-electron chi connectivity index (χ1n) is 8.99. The summed E-state index contributed by atoms with van der Waals surface area (Å²) in [5.41, 5.74) is 0.991. The minimum absolute atomic E-state index is 0.0144. The van der Waals surface area contributed by atoms with E-state index >= 15 is 0 Å². The first-order valence-corrected chi connectivity index (χ1v) is 8.99. The zero-order valence-electron chi connectivity index (χ0n) is 14.9. The Kier molecular flexibility index (Phi) is 5.46. The van der Waals surface area contributed by atoms with Crippen LogP contribution in [-0.4, -0.2) is 43.0 Å².